The normalized spacial score (nSPS) is 17.1. The van der Waals surface area contributed by atoms with E-state index in [1.165, 1.54) is 0 Å². The van der Waals surface area contributed by atoms with E-state index in [9.17, 15) is 5.11 Å². The number of hydrogen-bond acceptors (Lipinski definition) is 2. The summed E-state index contributed by atoms with van der Waals surface area (Å²) in [5, 5.41) is 13.6. The van der Waals surface area contributed by atoms with Crippen molar-refractivity contribution in [1.82, 2.24) is 5.32 Å². The Hall–Kier alpha value is -0.0800. The molecular formula is C12H27NO. The van der Waals surface area contributed by atoms with Crippen molar-refractivity contribution in [2.75, 3.05) is 6.54 Å². The third-order valence-electron chi connectivity index (χ3n) is 3.68. The standard InChI is InChI=1S/C12H27NO/c1-7-11(5,8-2)13-9-12(6,14)10(3)4/h10,13-14H,7-9H2,1-6H3. The highest BCUT2D eigenvalue weighted by atomic mass is 16.3. The molecule has 0 spiro atoms. The lowest BCUT2D eigenvalue weighted by atomic mass is 9.89. The van der Waals surface area contributed by atoms with Gasteiger partial charge in [0.05, 0.1) is 5.60 Å². The third-order valence-corrected chi connectivity index (χ3v) is 3.68. The summed E-state index contributed by atoms with van der Waals surface area (Å²) in [5.41, 5.74) is -0.440. The zero-order chi connectivity index (χ0) is 11.4. The van der Waals surface area contributed by atoms with Gasteiger partial charge in [-0.2, -0.15) is 0 Å². The Balaban J connectivity index is 4.16. The molecule has 0 heterocycles. The Morgan fingerprint density at radius 2 is 1.57 bits per heavy atom. The van der Waals surface area contributed by atoms with Crippen molar-refractivity contribution in [3.8, 4) is 0 Å². The molecule has 1 atom stereocenters. The van der Waals surface area contributed by atoms with E-state index in [0.717, 1.165) is 12.8 Å². The molecule has 2 nitrogen and oxygen atoms in total. The largest absolute Gasteiger partial charge is 0.389 e. The van der Waals surface area contributed by atoms with Gasteiger partial charge in [0.15, 0.2) is 0 Å². The number of hydrogen-bond donors (Lipinski definition) is 2. The van der Waals surface area contributed by atoms with E-state index in [1.54, 1.807) is 0 Å². The van der Waals surface area contributed by atoms with Gasteiger partial charge in [0, 0.05) is 12.1 Å². The molecule has 14 heavy (non-hydrogen) atoms. The Labute approximate surface area is 89.1 Å². The van der Waals surface area contributed by atoms with Crippen molar-refractivity contribution in [2.45, 2.75) is 65.5 Å². The smallest absolute Gasteiger partial charge is 0.0766 e. The van der Waals surface area contributed by atoms with Gasteiger partial charge in [-0.15, -0.1) is 0 Å². The summed E-state index contributed by atoms with van der Waals surface area (Å²) in [6.45, 7) is 13.2. The lowest BCUT2D eigenvalue weighted by molar-refractivity contribution is 0.00688. The molecule has 0 aliphatic rings. The summed E-state index contributed by atoms with van der Waals surface area (Å²) in [6.07, 6.45) is 2.19. The van der Waals surface area contributed by atoms with Crippen LogP contribution in [0.3, 0.4) is 0 Å². The molecule has 0 aliphatic heterocycles. The maximum absolute atomic E-state index is 10.1. The molecule has 1 unspecified atom stereocenters. The SMILES string of the molecule is CCC(C)(CC)NCC(C)(O)C(C)C. The van der Waals surface area contributed by atoms with Gasteiger partial charge in [0.2, 0.25) is 0 Å². The Morgan fingerprint density at radius 1 is 1.14 bits per heavy atom. The maximum atomic E-state index is 10.1. The van der Waals surface area contributed by atoms with Crippen LogP contribution < -0.4 is 5.32 Å². The van der Waals surface area contributed by atoms with E-state index < -0.39 is 5.60 Å². The second kappa shape index (κ2) is 5.13. The number of rotatable bonds is 6. The Kier molecular flexibility index (Phi) is 5.10. The average Bonchev–Trinajstić information content (AvgIpc) is 2.14. The highest BCUT2D eigenvalue weighted by molar-refractivity contribution is 4.86. The Morgan fingerprint density at radius 3 is 1.86 bits per heavy atom. The van der Waals surface area contributed by atoms with E-state index in [-0.39, 0.29) is 11.5 Å². The van der Waals surface area contributed by atoms with Gasteiger partial charge in [-0.25, -0.2) is 0 Å². The maximum Gasteiger partial charge on any atom is 0.0766 e. The van der Waals surface area contributed by atoms with Gasteiger partial charge >= 0.3 is 0 Å². The first-order valence-corrected chi connectivity index (χ1v) is 5.75. The summed E-state index contributed by atoms with van der Waals surface area (Å²) < 4.78 is 0. The molecule has 0 saturated carbocycles. The second-order valence-electron chi connectivity index (χ2n) is 5.13. The van der Waals surface area contributed by atoms with Crippen LogP contribution in [0.2, 0.25) is 0 Å². The van der Waals surface area contributed by atoms with Crippen LogP contribution in [-0.4, -0.2) is 22.8 Å². The summed E-state index contributed by atoms with van der Waals surface area (Å²) in [6, 6.07) is 0. The zero-order valence-electron chi connectivity index (χ0n) is 10.6. The van der Waals surface area contributed by atoms with Crippen LogP contribution in [0, 0.1) is 5.92 Å². The first-order chi connectivity index (χ1) is 6.27. The molecule has 0 rings (SSSR count). The van der Waals surface area contributed by atoms with E-state index >= 15 is 0 Å². The van der Waals surface area contributed by atoms with Crippen molar-refractivity contribution in [2.24, 2.45) is 5.92 Å². The van der Waals surface area contributed by atoms with E-state index in [1.807, 2.05) is 6.92 Å². The minimum absolute atomic E-state index is 0.166. The molecule has 0 bridgehead atoms. The fraction of sp³-hybridized carbons (Fsp3) is 1.00. The van der Waals surface area contributed by atoms with E-state index in [0.29, 0.717) is 6.54 Å². The topological polar surface area (TPSA) is 32.3 Å². The summed E-state index contributed by atoms with van der Waals surface area (Å²) in [5.74, 6) is 0.285. The minimum atomic E-state index is -0.606. The summed E-state index contributed by atoms with van der Waals surface area (Å²) >= 11 is 0. The molecule has 86 valence electrons. The summed E-state index contributed by atoms with van der Waals surface area (Å²) in [7, 11) is 0. The third kappa shape index (κ3) is 3.97. The zero-order valence-corrected chi connectivity index (χ0v) is 10.6. The van der Waals surface area contributed by atoms with E-state index in [4.69, 9.17) is 0 Å². The van der Waals surface area contributed by atoms with Crippen LogP contribution in [0.15, 0.2) is 0 Å². The molecule has 2 heteroatoms. The van der Waals surface area contributed by atoms with Crippen molar-refractivity contribution in [1.29, 1.82) is 0 Å². The van der Waals surface area contributed by atoms with Crippen LogP contribution in [0.1, 0.15) is 54.4 Å². The van der Waals surface area contributed by atoms with Crippen molar-refractivity contribution in [3.63, 3.8) is 0 Å². The molecular weight excluding hydrogens is 174 g/mol. The molecule has 0 aromatic heterocycles. The monoisotopic (exact) mass is 201 g/mol. The molecule has 0 fully saturated rings. The lowest BCUT2D eigenvalue weighted by Crippen LogP contribution is -2.50. The highest BCUT2D eigenvalue weighted by Crippen LogP contribution is 2.19. The molecule has 0 aromatic carbocycles. The van der Waals surface area contributed by atoms with Crippen LogP contribution >= 0.6 is 0 Å². The van der Waals surface area contributed by atoms with Gasteiger partial charge in [-0.1, -0.05) is 27.7 Å². The predicted octanol–water partition coefficient (Wildman–Crippen LogP) is 2.56. The van der Waals surface area contributed by atoms with Crippen LogP contribution in [-0.2, 0) is 0 Å². The fourth-order valence-electron chi connectivity index (χ4n) is 1.10. The lowest BCUT2D eigenvalue weighted by Gasteiger charge is -2.35. The molecule has 2 N–H and O–H groups in total. The van der Waals surface area contributed by atoms with Gasteiger partial charge in [0.25, 0.3) is 0 Å². The van der Waals surface area contributed by atoms with Crippen molar-refractivity contribution >= 4 is 0 Å². The summed E-state index contributed by atoms with van der Waals surface area (Å²) in [4.78, 5) is 0. The van der Waals surface area contributed by atoms with Gasteiger partial charge in [0.1, 0.15) is 0 Å². The first kappa shape index (κ1) is 13.9. The molecule has 0 aromatic rings. The van der Waals surface area contributed by atoms with Crippen LogP contribution in [0.4, 0.5) is 0 Å². The minimum Gasteiger partial charge on any atom is -0.389 e. The second-order valence-corrected chi connectivity index (χ2v) is 5.13. The number of β-amino-alcohol motifs (C(OH)–C–C–N with tert-alkyl or cyclic N) is 1. The van der Waals surface area contributed by atoms with Crippen molar-refractivity contribution in [3.05, 3.63) is 0 Å². The fourth-order valence-corrected chi connectivity index (χ4v) is 1.10. The highest BCUT2D eigenvalue weighted by Gasteiger charge is 2.28. The first-order valence-electron chi connectivity index (χ1n) is 5.75. The van der Waals surface area contributed by atoms with Gasteiger partial charge in [-0.3, -0.25) is 0 Å². The molecule has 0 radical (unpaired) electrons. The molecule has 0 amide bonds. The van der Waals surface area contributed by atoms with Crippen LogP contribution in [0.25, 0.3) is 0 Å². The van der Waals surface area contributed by atoms with Gasteiger partial charge in [-0.05, 0) is 32.6 Å². The quantitative estimate of drug-likeness (QED) is 0.692. The van der Waals surface area contributed by atoms with Crippen LogP contribution in [0.5, 0.6) is 0 Å². The van der Waals surface area contributed by atoms with Gasteiger partial charge < -0.3 is 10.4 Å². The predicted molar refractivity (Wildman–Crippen MR) is 62.5 cm³/mol. The van der Waals surface area contributed by atoms with Crippen molar-refractivity contribution < 1.29 is 5.11 Å². The number of nitrogens with one attached hydrogen (secondary N) is 1. The average molecular weight is 201 g/mol. The van der Waals surface area contributed by atoms with E-state index in [2.05, 4.69) is 39.9 Å². The molecule has 0 aliphatic carbocycles. The number of aliphatic hydroxyl groups is 1. The Bertz CT molecular complexity index is 155. The molecule has 0 saturated heterocycles.